The van der Waals surface area contributed by atoms with Crippen LogP contribution in [0.2, 0.25) is 0 Å². The minimum absolute atomic E-state index is 0. The fraction of sp³-hybridized carbons (Fsp3) is 0.136. The molecular weight excluding hydrogens is 448 g/mol. The maximum absolute atomic E-state index is 13.3. The van der Waals surface area contributed by atoms with E-state index in [0.717, 1.165) is 0 Å². The van der Waals surface area contributed by atoms with Crippen LogP contribution in [0.5, 0.6) is 11.5 Å². The molecule has 3 rings (SSSR count). The zero-order valence-electron chi connectivity index (χ0n) is 16.9. The van der Waals surface area contributed by atoms with Gasteiger partial charge in [0, 0.05) is 24.4 Å². The van der Waals surface area contributed by atoms with Crippen LogP contribution in [0, 0.1) is 6.92 Å². The number of benzene rings is 3. The van der Waals surface area contributed by atoms with Gasteiger partial charge in [-0.1, -0.05) is 30.3 Å². The first kappa shape index (κ1) is 26.0. The number of para-hydroxylation sites is 1. The second-order valence-corrected chi connectivity index (χ2v) is 7.81. The summed E-state index contributed by atoms with van der Waals surface area (Å²) >= 11 is 0. The van der Waals surface area contributed by atoms with Gasteiger partial charge in [0.05, 0.1) is 11.1 Å². The quantitative estimate of drug-likeness (QED) is 0.243. The van der Waals surface area contributed by atoms with Gasteiger partial charge in [0.25, 0.3) is 0 Å². The summed E-state index contributed by atoms with van der Waals surface area (Å²) in [6.45, 7) is 1.60. The van der Waals surface area contributed by atoms with E-state index >= 15 is 0 Å². The average molecular weight is 463 g/mol. The second-order valence-electron chi connectivity index (χ2n) is 6.57. The molecule has 0 saturated heterocycles. The molecule has 0 bridgehead atoms. The molecule has 1 unspecified atom stereocenters. The van der Waals surface area contributed by atoms with Gasteiger partial charge in [-0.2, -0.15) is 26.3 Å². The number of halogens is 6. The van der Waals surface area contributed by atoms with Crippen molar-refractivity contribution < 1.29 is 35.9 Å². The van der Waals surface area contributed by atoms with Crippen LogP contribution in [0.25, 0.3) is 0 Å². The van der Waals surface area contributed by atoms with Crippen LogP contribution < -0.4 is 10.0 Å². The Morgan fingerprint density at radius 3 is 1.84 bits per heavy atom. The first-order valence-electron chi connectivity index (χ1n) is 8.89. The Labute approximate surface area is 193 Å². The fourth-order valence-electron chi connectivity index (χ4n) is 2.92. The molecule has 0 heterocycles. The maximum Gasteiger partial charge on any atom is 0.417 e. The van der Waals surface area contributed by atoms with Crippen LogP contribution in [-0.2, 0) is 12.4 Å². The fourth-order valence-corrected chi connectivity index (χ4v) is 3.99. The number of rotatable bonds is 5. The molecule has 0 spiro atoms. The molecule has 10 heteroatoms. The molecule has 0 aromatic heterocycles. The molecule has 0 aliphatic rings. The predicted octanol–water partition coefficient (Wildman–Crippen LogP) is 6.59. The van der Waals surface area contributed by atoms with Crippen molar-refractivity contribution in [3.05, 3.63) is 89.0 Å². The summed E-state index contributed by atoms with van der Waals surface area (Å²) in [5.74, 6) is 0.985. The minimum Gasteiger partial charge on any atom is -0.457 e. The Bertz CT molecular complexity index is 1070. The summed E-state index contributed by atoms with van der Waals surface area (Å²) in [7, 11) is -0.925. The monoisotopic (exact) mass is 463 g/mol. The standard InChI is InChI=1S/C22H15F6O2P.Li/c1-13-12-15(30-14-6-3-2-4-7-14)10-11-18(13)31-20(29)19-16(21(23,24)25)8-5-9-17(19)22(26,27)28;/h2-12,31H,1H3;. The summed E-state index contributed by atoms with van der Waals surface area (Å²) in [6, 6.07) is 15.0. The molecule has 0 saturated carbocycles. The molecule has 0 aliphatic carbocycles. The Morgan fingerprint density at radius 1 is 0.781 bits per heavy atom. The molecule has 3 aromatic rings. The third-order valence-electron chi connectivity index (χ3n) is 4.33. The van der Waals surface area contributed by atoms with Crippen molar-refractivity contribution in [2.24, 2.45) is 0 Å². The van der Waals surface area contributed by atoms with Gasteiger partial charge < -0.3 is 4.74 Å². The molecule has 0 aliphatic heterocycles. The molecule has 32 heavy (non-hydrogen) atoms. The smallest absolute Gasteiger partial charge is 0.417 e. The second kappa shape index (κ2) is 10.1. The SMILES string of the molecule is Cc1cc(Oc2ccccc2)ccc1PC(=O)c1c(C(F)(F)F)cccc1C(F)(F)F.[Li]. The van der Waals surface area contributed by atoms with Gasteiger partial charge in [-0.25, -0.2) is 0 Å². The molecule has 3 aromatic carbocycles. The van der Waals surface area contributed by atoms with Gasteiger partial charge in [-0.15, -0.1) is 0 Å². The van der Waals surface area contributed by atoms with Crippen LogP contribution in [0.4, 0.5) is 26.3 Å². The van der Waals surface area contributed by atoms with Crippen LogP contribution in [0.1, 0.15) is 27.0 Å². The van der Waals surface area contributed by atoms with Crippen molar-refractivity contribution in [1.82, 2.24) is 0 Å². The van der Waals surface area contributed by atoms with Gasteiger partial charge >= 0.3 is 12.4 Å². The van der Waals surface area contributed by atoms with Crippen molar-refractivity contribution in [2.45, 2.75) is 19.3 Å². The first-order chi connectivity index (χ1) is 14.5. The van der Waals surface area contributed by atoms with E-state index in [0.29, 0.717) is 40.6 Å². The Hall–Kier alpha value is -2.26. The van der Waals surface area contributed by atoms with Gasteiger partial charge in [-0.3, -0.25) is 4.79 Å². The zero-order valence-corrected chi connectivity index (χ0v) is 17.9. The van der Waals surface area contributed by atoms with E-state index in [4.69, 9.17) is 4.74 Å². The summed E-state index contributed by atoms with van der Waals surface area (Å²) in [6.07, 6.45) is -10.2. The first-order valence-corrected chi connectivity index (χ1v) is 9.89. The summed E-state index contributed by atoms with van der Waals surface area (Å²) in [5, 5.41) is 0.329. The zero-order chi connectivity index (χ0) is 22.8. The topological polar surface area (TPSA) is 26.3 Å². The van der Waals surface area contributed by atoms with E-state index in [9.17, 15) is 31.1 Å². The van der Waals surface area contributed by atoms with Crippen LogP contribution in [0.15, 0.2) is 66.7 Å². The molecule has 1 atom stereocenters. The van der Waals surface area contributed by atoms with Gasteiger partial charge in [0.2, 0.25) is 0 Å². The average Bonchev–Trinajstić information content (AvgIpc) is 2.69. The number of ether oxygens (including phenoxy) is 1. The number of aryl methyl sites for hydroxylation is 1. The van der Waals surface area contributed by atoms with E-state index in [-0.39, 0.29) is 18.9 Å². The number of carbonyl (C=O) groups is 1. The number of hydrogen-bond donors (Lipinski definition) is 0. The number of carbonyl (C=O) groups excluding carboxylic acids is 1. The van der Waals surface area contributed by atoms with E-state index in [2.05, 4.69) is 0 Å². The summed E-state index contributed by atoms with van der Waals surface area (Å²) in [5.41, 5.74) is -5.27. The number of alkyl halides is 6. The molecule has 0 amide bonds. The van der Waals surface area contributed by atoms with Crippen LogP contribution in [0.3, 0.4) is 0 Å². The third-order valence-corrected chi connectivity index (χ3v) is 5.63. The largest absolute Gasteiger partial charge is 0.457 e. The molecule has 0 N–H and O–H groups in total. The van der Waals surface area contributed by atoms with Gasteiger partial charge in [-0.05, 0) is 62.8 Å². The molecule has 163 valence electrons. The number of hydrogen-bond acceptors (Lipinski definition) is 2. The third kappa shape index (κ3) is 6.16. The Kier molecular flexibility index (Phi) is 8.22. The summed E-state index contributed by atoms with van der Waals surface area (Å²) < 4.78 is 85.6. The van der Waals surface area contributed by atoms with E-state index in [1.807, 2.05) is 6.07 Å². The molecule has 1 radical (unpaired) electrons. The Morgan fingerprint density at radius 2 is 1.34 bits per heavy atom. The maximum atomic E-state index is 13.3. The summed E-state index contributed by atoms with van der Waals surface area (Å²) in [4.78, 5) is 12.7. The Balaban J connectivity index is 0.00000363. The van der Waals surface area contributed by atoms with Crippen molar-refractivity contribution >= 4 is 38.3 Å². The van der Waals surface area contributed by atoms with Crippen LogP contribution in [-0.4, -0.2) is 24.4 Å². The molecular formula is C22H15F6LiO2P. The van der Waals surface area contributed by atoms with Crippen molar-refractivity contribution in [3.63, 3.8) is 0 Å². The van der Waals surface area contributed by atoms with Crippen molar-refractivity contribution in [2.75, 3.05) is 0 Å². The normalized spacial score (nSPS) is 12.0. The van der Waals surface area contributed by atoms with Crippen molar-refractivity contribution in [1.29, 1.82) is 0 Å². The predicted molar refractivity (Wildman–Crippen MR) is 112 cm³/mol. The van der Waals surface area contributed by atoms with E-state index < -0.39 is 43.1 Å². The van der Waals surface area contributed by atoms with E-state index in [1.165, 1.54) is 12.1 Å². The van der Waals surface area contributed by atoms with Gasteiger partial charge in [0.1, 0.15) is 11.5 Å². The van der Waals surface area contributed by atoms with Crippen LogP contribution >= 0.6 is 8.58 Å². The molecule has 2 nitrogen and oxygen atoms in total. The van der Waals surface area contributed by atoms with Gasteiger partial charge in [0.15, 0.2) is 5.52 Å². The molecule has 0 fully saturated rings. The minimum atomic E-state index is -5.10. The van der Waals surface area contributed by atoms with E-state index in [1.54, 1.807) is 37.3 Å². The van der Waals surface area contributed by atoms with Crippen molar-refractivity contribution in [3.8, 4) is 11.5 Å².